The van der Waals surface area contributed by atoms with Crippen molar-refractivity contribution in [3.8, 4) is 22.6 Å². The van der Waals surface area contributed by atoms with E-state index in [-0.39, 0.29) is 12.4 Å². The Morgan fingerprint density at radius 3 is 1.86 bits per heavy atom. The summed E-state index contributed by atoms with van der Waals surface area (Å²) in [5.41, 5.74) is 13.2. The van der Waals surface area contributed by atoms with Crippen molar-refractivity contribution in [1.82, 2.24) is 9.97 Å². The van der Waals surface area contributed by atoms with E-state index in [2.05, 4.69) is 9.97 Å². The number of ether oxygens (including phenoxy) is 1. The lowest BCUT2D eigenvalue weighted by Gasteiger charge is -2.09. The second kappa shape index (κ2) is 6.78. The highest BCUT2D eigenvalue weighted by Crippen LogP contribution is 2.30. The van der Waals surface area contributed by atoms with Gasteiger partial charge in [-0.1, -0.05) is 30.3 Å². The van der Waals surface area contributed by atoms with E-state index in [1.807, 2.05) is 54.6 Å². The normalized spacial score (nSPS) is 9.82. The van der Waals surface area contributed by atoms with Crippen molar-refractivity contribution in [2.75, 3.05) is 11.5 Å². The van der Waals surface area contributed by atoms with E-state index in [4.69, 9.17) is 16.2 Å². The van der Waals surface area contributed by atoms with Crippen molar-refractivity contribution in [2.45, 2.75) is 0 Å². The number of hydrogen-bond acceptors (Lipinski definition) is 5. The Morgan fingerprint density at radius 2 is 1.27 bits per heavy atom. The second-order valence-electron chi connectivity index (χ2n) is 4.46. The minimum atomic E-state index is 0. The third kappa shape index (κ3) is 3.27. The zero-order valence-electron chi connectivity index (χ0n) is 11.6. The molecule has 0 saturated carbocycles. The van der Waals surface area contributed by atoms with Gasteiger partial charge in [-0.3, -0.25) is 0 Å². The Labute approximate surface area is 134 Å². The quantitative estimate of drug-likeness (QED) is 0.772. The third-order valence-electron chi connectivity index (χ3n) is 3.03. The number of aromatic nitrogens is 2. The van der Waals surface area contributed by atoms with Crippen molar-refractivity contribution in [3.05, 3.63) is 60.9 Å². The fraction of sp³-hybridized carbons (Fsp3) is 0. The molecule has 0 unspecified atom stereocenters. The maximum atomic E-state index is 5.85. The second-order valence-corrected chi connectivity index (χ2v) is 4.46. The monoisotopic (exact) mass is 314 g/mol. The van der Waals surface area contributed by atoms with E-state index in [1.54, 1.807) is 0 Å². The summed E-state index contributed by atoms with van der Waals surface area (Å²) in [5.74, 6) is 2.24. The summed E-state index contributed by atoms with van der Waals surface area (Å²) in [6, 6.07) is 17.1. The Balaban J connectivity index is 0.00000176. The molecule has 1 aromatic heterocycles. The molecule has 2 aromatic carbocycles. The van der Waals surface area contributed by atoms with Gasteiger partial charge in [0.1, 0.15) is 29.5 Å². The maximum Gasteiger partial charge on any atom is 0.136 e. The highest BCUT2D eigenvalue weighted by molar-refractivity contribution is 5.85. The van der Waals surface area contributed by atoms with Crippen LogP contribution < -0.4 is 16.2 Å². The lowest BCUT2D eigenvalue weighted by molar-refractivity contribution is 0.483. The number of nitrogen functional groups attached to an aromatic ring is 2. The molecular weight excluding hydrogens is 300 g/mol. The molecule has 0 amide bonds. The summed E-state index contributed by atoms with van der Waals surface area (Å²) < 4.78 is 5.74. The molecule has 0 aliphatic carbocycles. The number of halogens is 1. The zero-order chi connectivity index (χ0) is 14.7. The van der Waals surface area contributed by atoms with Gasteiger partial charge >= 0.3 is 0 Å². The van der Waals surface area contributed by atoms with E-state index in [9.17, 15) is 0 Å². The molecule has 4 N–H and O–H groups in total. The van der Waals surface area contributed by atoms with Crippen LogP contribution in [0, 0.1) is 0 Å². The molecule has 0 atom stereocenters. The standard InChI is InChI=1S/C16H14N4O.ClH/c17-15-14(16(18)20-10-19-15)11-6-8-13(9-7-11)21-12-4-2-1-3-5-12;/h1-10H,(H4,17,18,19,20);1H. The summed E-state index contributed by atoms with van der Waals surface area (Å²) >= 11 is 0. The van der Waals surface area contributed by atoms with Gasteiger partial charge in [0, 0.05) is 0 Å². The molecule has 22 heavy (non-hydrogen) atoms. The molecule has 0 saturated heterocycles. The summed E-state index contributed by atoms with van der Waals surface area (Å²) in [5, 5.41) is 0. The molecule has 6 heteroatoms. The van der Waals surface area contributed by atoms with Gasteiger partial charge in [-0.25, -0.2) is 9.97 Å². The lowest BCUT2D eigenvalue weighted by Crippen LogP contribution is -2.01. The number of anilines is 2. The zero-order valence-corrected chi connectivity index (χ0v) is 12.5. The Bertz CT molecular complexity index is 728. The minimum absolute atomic E-state index is 0. The smallest absolute Gasteiger partial charge is 0.136 e. The van der Waals surface area contributed by atoms with E-state index in [0.717, 1.165) is 17.1 Å². The van der Waals surface area contributed by atoms with E-state index in [1.165, 1.54) is 6.33 Å². The highest BCUT2D eigenvalue weighted by Gasteiger charge is 2.09. The van der Waals surface area contributed by atoms with Gasteiger partial charge < -0.3 is 16.2 Å². The lowest BCUT2D eigenvalue weighted by atomic mass is 10.1. The van der Waals surface area contributed by atoms with Crippen molar-refractivity contribution in [2.24, 2.45) is 0 Å². The molecule has 1 heterocycles. The molecule has 0 bridgehead atoms. The van der Waals surface area contributed by atoms with Gasteiger partial charge in [0.25, 0.3) is 0 Å². The summed E-state index contributed by atoms with van der Waals surface area (Å²) in [6.07, 6.45) is 1.35. The summed E-state index contributed by atoms with van der Waals surface area (Å²) in [7, 11) is 0. The first-order valence-corrected chi connectivity index (χ1v) is 6.43. The average Bonchev–Trinajstić information content (AvgIpc) is 2.50. The number of nitrogens with zero attached hydrogens (tertiary/aromatic N) is 2. The van der Waals surface area contributed by atoms with E-state index >= 15 is 0 Å². The van der Waals surface area contributed by atoms with Crippen molar-refractivity contribution < 1.29 is 4.74 Å². The molecule has 0 aliphatic heterocycles. The topological polar surface area (TPSA) is 87.0 Å². The predicted octanol–water partition coefficient (Wildman–Crippen LogP) is 3.52. The molecule has 0 radical (unpaired) electrons. The molecule has 0 aliphatic rings. The van der Waals surface area contributed by atoms with Crippen LogP contribution in [0.25, 0.3) is 11.1 Å². The third-order valence-corrected chi connectivity index (χ3v) is 3.03. The van der Waals surface area contributed by atoms with Crippen molar-refractivity contribution >= 4 is 24.0 Å². The van der Waals surface area contributed by atoms with Crippen LogP contribution in [0.3, 0.4) is 0 Å². The number of benzene rings is 2. The van der Waals surface area contributed by atoms with Gasteiger partial charge in [-0.15, -0.1) is 12.4 Å². The predicted molar refractivity (Wildman–Crippen MR) is 90.1 cm³/mol. The van der Waals surface area contributed by atoms with Crippen LogP contribution >= 0.6 is 12.4 Å². The Kier molecular flexibility index (Phi) is 4.80. The van der Waals surface area contributed by atoms with Crippen LogP contribution in [0.2, 0.25) is 0 Å². The van der Waals surface area contributed by atoms with E-state index < -0.39 is 0 Å². The van der Waals surface area contributed by atoms with E-state index in [0.29, 0.717) is 17.2 Å². The molecule has 3 aromatic rings. The number of rotatable bonds is 3. The molecule has 0 fully saturated rings. The first-order valence-electron chi connectivity index (χ1n) is 6.43. The van der Waals surface area contributed by atoms with Gasteiger partial charge in [-0.05, 0) is 29.8 Å². The van der Waals surface area contributed by atoms with Crippen LogP contribution in [0.1, 0.15) is 0 Å². The van der Waals surface area contributed by atoms with Crippen molar-refractivity contribution in [3.63, 3.8) is 0 Å². The Hall–Kier alpha value is -2.79. The fourth-order valence-electron chi connectivity index (χ4n) is 2.02. The first-order chi connectivity index (χ1) is 10.2. The van der Waals surface area contributed by atoms with Crippen molar-refractivity contribution in [1.29, 1.82) is 0 Å². The van der Waals surface area contributed by atoms with Crippen LogP contribution in [-0.2, 0) is 0 Å². The molecular formula is C16H15ClN4O. The van der Waals surface area contributed by atoms with Gasteiger partial charge in [0.2, 0.25) is 0 Å². The molecule has 5 nitrogen and oxygen atoms in total. The largest absolute Gasteiger partial charge is 0.457 e. The Morgan fingerprint density at radius 1 is 0.727 bits per heavy atom. The van der Waals surface area contributed by atoms with Gasteiger partial charge in [0.05, 0.1) is 5.56 Å². The fourth-order valence-corrected chi connectivity index (χ4v) is 2.02. The summed E-state index contributed by atoms with van der Waals surface area (Å²) in [4.78, 5) is 7.92. The van der Waals surface area contributed by atoms with Crippen LogP contribution in [0.4, 0.5) is 11.6 Å². The number of para-hydroxylation sites is 1. The summed E-state index contributed by atoms with van der Waals surface area (Å²) in [6.45, 7) is 0. The molecule has 112 valence electrons. The number of hydrogen-bond donors (Lipinski definition) is 2. The first kappa shape index (κ1) is 15.6. The van der Waals surface area contributed by atoms with Gasteiger partial charge in [0.15, 0.2) is 0 Å². The van der Waals surface area contributed by atoms with Crippen LogP contribution in [-0.4, -0.2) is 9.97 Å². The molecule has 3 rings (SSSR count). The maximum absolute atomic E-state index is 5.85. The highest BCUT2D eigenvalue weighted by atomic mass is 35.5. The number of nitrogens with two attached hydrogens (primary N) is 2. The van der Waals surface area contributed by atoms with Gasteiger partial charge in [-0.2, -0.15) is 0 Å². The average molecular weight is 315 g/mol. The molecule has 0 spiro atoms. The SMILES string of the molecule is Cl.Nc1ncnc(N)c1-c1ccc(Oc2ccccc2)cc1. The minimum Gasteiger partial charge on any atom is -0.457 e. The van der Waals surface area contributed by atoms with Crippen LogP contribution in [0.5, 0.6) is 11.5 Å². The van der Waals surface area contributed by atoms with Crippen LogP contribution in [0.15, 0.2) is 60.9 Å².